The van der Waals surface area contributed by atoms with Crippen LogP contribution in [0.1, 0.15) is 16.7 Å². The minimum Gasteiger partial charge on any atom is -0.455 e. The summed E-state index contributed by atoms with van der Waals surface area (Å²) in [5.74, 6) is 0. The number of rotatable bonds is 2. The molecule has 2 aliphatic rings. The maximum Gasteiger partial charge on any atom is 0.143 e. The molecule has 0 amide bonds. The maximum absolute atomic E-state index is 6.64. The van der Waals surface area contributed by atoms with E-state index in [1.54, 1.807) is 0 Å². The molecule has 1 aromatic heterocycles. The van der Waals surface area contributed by atoms with Crippen LogP contribution in [0.15, 0.2) is 156 Å². The Morgan fingerprint density at radius 1 is 0.543 bits per heavy atom. The first-order valence-electron chi connectivity index (χ1n) is 15.9. The van der Waals surface area contributed by atoms with Gasteiger partial charge in [-0.2, -0.15) is 0 Å². The van der Waals surface area contributed by atoms with Gasteiger partial charge in [0.1, 0.15) is 11.2 Å². The molecular weight excluding hydrogens is 556 g/mol. The van der Waals surface area contributed by atoms with Crippen LogP contribution >= 0.6 is 0 Å². The molecule has 8 aromatic rings. The molecule has 0 unspecified atom stereocenters. The molecule has 1 heterocycles. The number of furan rings is 1. The van der Waals surface area contributed by atoms with Crippen molar-refractivity contribution in [1.82, 2.24) is 0 Å². The van der Waals surface area contributed by atoms with Crippen LogP contribution in [0.5, 0.6) is 0 Å². The lowest BCUT2D eigenvalue weighted by molar-refractivity contribution is 0.670. The number of benzene rings is 7. The Labute approximate surface area is 266 Å². The summed E-state index contributed by atoms with van der Waals surface area (Å²) >= 11 is 0. The Bertz CT molecular complexity index is 2660. The first-order chi connectivity index (χ1) is 22.7. The van der Waals surface area contributed by atoms with E-state index in [0.29, 0.717) is 0 Å². The van der Waals surface area contributed by atoms with E-state index in [1.807, 2.05) is 0 Å². The predicted octanol–water partition coefficient (Wildman–Crippen LogP) is 12.5. The second-order valence-corrected chi connectivity index (χ2v) is 12.7. The zero-order valence-electron chi connectivity index (χ0n) is 25.2. The van der Waals surface area contributed by atoms with Crippen molar-refractivity contribution in [2.75, 3.05) is 0 Å². The molecular formula is C45H28O. The van der Waals surface area contributed by atoms with Gasteiger partial charge in [0.25, 0.3) is 0 Å². The number of allylic oxidation sites excluding steroid dienone is 7. The molecule has 7 aromatic carbocycles. The average molecular weight is 585 g/mol. The standard InChI is InChI=1S/C45H28O/c1-27-5-2-6-28-12-14-33-23-36(22-32(13-11-27)40(33)21-28)31-19-20-42-41(26-31)39-10-4-9-38(45(39)46-42)37-24-34-17-15-29-7-3-8-30-16-18-35(25-37)44(34)43(29)30/h2-20,22-26H,1,21H2/b5-2-,13-11-,28-6-. The van der Waals surface area contributed by atoms with Crippen LogP contribution in [0.25, 0.3) is 88.7 Å². The van der Waals surface area contributed by atoms with Gasteiger partial charge in [-0.3, -0.25) is 0 Å². The van der Waals surface area contributed by atoms with Gasteiger partial charge in [0.05, 0.1) is 0 Å². The zero-order chi connectivity index (χ0) is 30.4. The van der Waals surface area contributed by atoms with Gasteiger partial charge in [-0.15, -0.1) is 0 Å². The van der Waals surface area contributed by atoms with Crippen molar-refractivity contribution in [1.29, 1.82) is 0 Å². The SMILES string of the molecule is C=C1/C=C\C=C2\C=Cc3cc(-c4ccc5oc6c(-c7cc8ccc9cccc%10ccc(c7)c8c9%10)cccc6c5c4)cc(c3C2)/C=C\1. The molecule has 214 valence electrons. The van der Waals surface area contributed by atoms with Gasteiger partial charge in [0.2, 0.25) is 0 Å². The number of hydrogen-bond acceptors (Lipinski definition) is 1. The Balaban J connectivity index is 1.13. The van der Waals surface area contributed by atoms with Crippen LogP contribution in [0.2, 0.25) is 0 Å². The van der Waals surface area contributed by atoms with Crippen molar-refractivity contribution in [3.05, 3.63) is 168 Å². The van der Waals surface area contributed by atoms with Crippen LogP contribution in [0, 0.1) is 0 Å². The van der Waals surface area contributed by atoms with Crippen molar-refractivity contribution in [3.8, 4) is 22.3 Å². The van der Waals surface area contributed by atoms with E-state index >= 15 is 0 Å². The minimum atomic E-state index is 0.904. The second-order valence-electron chi connectivity index (χ2n) is 12.7. The number of hydrogen-bond donors (Lipinski definition) is 0. The van der Waals surface area contributed by atoms with Crippen molar-refractivity contribution in [2.45, 2.75) is 6.42 Å². The highest BCUT2D eigenvalue weighted by molar-refractivity contribution is 6.24. The first kappa shape index (κ1) is 25.4. The van der Waals surface area contributed by atoms with E-state index in [-0.39, 0.29) is 0 Å². The van der Waals surface area contributed by atoms with E-state index in [0.717, 1.165) is 39.5 Å². The molecule has 0 N–H and O–H groups in total. The lowest BCUT2D eigenvalue weighted by atomic mass is 9.86. The van der Waals surface area contributed by atoms with Crippen LogP contribution in [-0.4, -0.2) is 0 Å². The minimum absolute atomic E-state index is 0.904. The average Bonchev–Trinajstić information content (AvgIpc) is 3.47. The summed E-state index contributed by atoms with van der Waals surface area (Å²) in [5.41, 5.74) is 12.7. The molecule has 2 aliphatic carbocycles. The van der Waals surface area contributed by atoms with Crippen molar-refractivity contribution in [3.63, 3.8) is 0 Å². The summed E-state index contributed by atoms with van der Waals surface area (Å²) < 4.78 is 6.64. The molecule has 2 bridgehead atoms. The highest BCUT2D eigenvalue weighted by Crippen LogP contribution is 2.42. The summed E-state index contributed by atoms with van der Waals surface area (Å²) in [7, 11) is 0. The van der Waals surface area contributed by atoms with Crippen LogP contribution in [0.3, 0.4) is 0 Å². The van der Waals surface area contributed by atoms with E-state index in [9.17, 15) is 0 Å². The summed E-state index contributed by atoms with van der Waals surface area (Å²) in [6.45, 7) is 4.20. The van der Waals surface area contributed by atoms with E-state index in [4.69, 9.17) is 4.42 Å². The van der Waals surface area contributed by atoms with Crippen molar-refractivity contribution in [2.24, 2.45) is 0 Å². The molecule has 1 heteroatoms. The van der Waals surface area contributed by atoms with Crippen LogP contribution in [0.4, 0.5) is 0 Å². The van der Waals surface area contributed by atoms with Gasteiger partial charge in [-0.25, -0.2) is 0 Å². The molecule has 0 atom stereocenters. The van der Waals surface area contributed by atoms with Crippen LogP contribution < -0.4 is 0 Å². The normalized spacial score (nSPS) is 16.9. The molecule has 0 spiro atoms. The fourth-order valence-corrected chi connectivity index (χ4v) is 7.62. The molecule has 1 nitrogen and oxygen atoms in total. The fraction of sp³-hybridized carbons (Fsp3) is 0.0222. The fourth-order valence-electron chi connectivity index (χ4n) is 7.62. The predicted molar refractivity (Wildman–Crippen MR) is 196 cm³/mol. The third-order valence-electron chi connectivity index (χ3n) is 9.88. The number of fused-ring (bicyclic) bond motifs is 4. The Kier molecular flexibility index (Phi) is 5.27. The molecule has 0 saturated heterocycles. The highest BCUT2D eigenvalue weighted by Gasteiger charge is 2.18. The van der Waals surface area contributed by atoms with Crippen LogP contribution in [-0.2, 0) is 6.42 Å². The molecule has 0 radical (unpaired) electrons. The molecule has 46 heavy (non-hydrogen) atoms. The quantitative estimate of drug-likeness (QED) is 0.184. The third kappa shape index (κ3) is 3.82. The molecule has 0 aliphatic heterocycles. The van der Waals surface area contributed by atoms with Gasteiger partial charge >= 0.3 is 0 Å². The lowest BCUT2D eigenvalue weighted by Gasteiger charge is -2.18. The topological polar surface area (TPSA) is 13.1 Å². The summed E-state index contributed by atoms with van der Waals surface area (Å²) in [5, 5.41) is 10.0. The van der Waals surface area contributed by atoms with E-state index in [1.165, 1.54) is 71.3 Å². The van der Waals surface area contributed by atoms with Gasteiger partial charge in [-0.1, -0.05) is 116 Å². The molecule has 10 rings (SSSR count). The van der Waals surface area contributed by atoms with Gasteiger partial charge < -0.3 is 4.42 Å². The van der Waals surface area contributed by atoms with E-state index in [2.05, 4.69) is 152 Å². The van der Waals surface area contributed by atoms with Gasteiger partial charge in [-0.05, 0) is 120 Å². The van der Waals surface area contributed by atoms with Gasteiger partial charge in [0.15, 0.2) is 0 Å². The highest BCUT2D eigenvalue weighted by atomic mass is 16.3. The summed E-state index contributed by atoms with van der Waals surface area (Å²) in [6.07, 6.45) is 16.1. The Morgan fingerprint density at radius 2 is 1.26 bits per heavy atom. The zero-order valence-corrected chi connectivity index (χ0v) is 25.2. The second kappa shape index (κ2) is 9.54. The summed E-state index contributed by atoms with van der Waals surface area (Å²) in [4.78, 5) is 0. The smallest absolute Gasteiger partial charge is 0.143 e. The molecule has 0 fully saturated rings. The Hall–Kier alpha value is -5.92. The van der Waals surface area contributed by atoms with Crippen molar-refractivity contribution >= 4 is 66.4 Å². The number of para-hydroxylation sites is 1. The van der Waals surface area contributed by atoms with Gasteiger partial charge in [0, 0.05) is 16.3 Å². The largest absolute Gasteiger partial charge is 0.455 e. The maximum atomic E-state index is 6.64. The Morgan fingerprint density at radius 3 is 2.07 bits per heavy atom. The third-order valence-corrected chi connectivity index (χ3v) is 9.88. The lowest BCUT2D eigenvalue weighted by Crippen LogP contribution is -2.01. The van der Waals surface area contributed by atoms with Crippen molar-refractivity contribution < 1.29 is 4.42 Å². The molecule has 0 saturated carbocycles. The first-order valence-corrected chi connectivity index (χ1v) is 15.9. The summed E-state index contributed by atoms with van der Waals surface area (Å²) in [6, 6.07) is 38.0. The van der Waals surface area contributed by atoms with E-state index < -0.39 is 0 Å². The monoisotopic (exact) mass is 584 g/mol.